The summed E-state index contributed by atoms with van der Waals surface area (Å²) < 4.78 is 0.699. The lowest BCUT2D eigenvalue weighted by Gasteiger charge is -2.25. The summed E-state index contributed by atoms with van der Waals surface area (Å²) in [5.74, 6) is -0.836. The zero-order chi connectivity index (χ0) is 15.6. The van der Waals surface area contributed by atoms with Crippen LogP contribution in [-0.4, -0.2) is 53.0 Å². The van der Waals surface area contributed by atoms with E-state index < -0.39 is 12.0 Å². The molecule has 0 aromatic carbocycles. The van der Waals surface area contributed by atoms with Crippen LogP contribution in [0.3, 0.4) is 0 Å². The summed E-state index contributed by atoms with van der Waals surface area (Å²) in [6.45, 7) is 3.22. The molecule has 116 valence electrons. The second kappa shape index (κ2) is 6.77. The Kier molecular flexibility index (Phi) is 5.24. The van der Waals surface area contributed by atoms with E-state index in [9.17, 15) is 14.7 Å². The van der Waals surface area contributed by atoms with Gasteiger partial charge in [0.25, 0.3) is 0 Å². The van der Waals surface area contributed by atoms with Crippen molar-refractivity contribution in [2.24, 2.45) is 5.92 Å². The van der Waals surface area contributed by atoms with Crippen molar-refractivity contribution in [1.29, 1.82) is 0 Å². The molecule has 1 aromatic heterocycles. The topological polar surface area (TPSA) is 60.9 Å². The molecule has 0 radical (unpaired) electrons. The minimum atomic E-state index is -0.847. The summed E-state index contributed by atoms with van der Waals surface area (Å²) in [4.78, 5) is 27.9. The van der Waals surface area contributed by atoms with E-state index in [1.54, 1.807) is 16.8 Å². The van der Waals surface area contributed by atoms with Crippen LogP contribution in [0, 0.1) is 5.92 Å². The summed E-state index contributed by atoms with van der Waals surface area (Å²) >= 11 is 7.32. The van der Waals surface area contributed by atoms with E-state index in [0.29, 0.717) is 17.4 Å². The number of carboxylic acids is 1. The second-order valence-electron chi connectivity index (χ2n) is 5.48. The molecule has 2 heterocycles. The Morgan fingerprint density at radius 2 is 2.24 bits per heavy atom. The van der Waals surface area contributed by atoms with Crippen molar-refractivity contribution in [1.82, 2.24) is 9.80 Å². The number of amides is 1. The van der Waals surface area contributed by atoms with Crippen molar-refractivity contribution in [3.63, 3.8) is 0 Å². The van der Waals surface area contributed by atoms with E-state index in [1.165, 1.54) is 11.3 Å². The normalized spacial score (nSPS) is 22.4. The first-order valence-corrected chi connectivity index (χ1v) is 8.03. The van der Waals surface area contributed by atoms with Crippen LogP contribution in [0.2, 0.25) is 4.34 Å². The molecule has 1 fully saturated rings. The molecule has 2 rings (SSSR count). The van der Waals surface area contributed by atoms with Crippen molar-refractivity contribution in [2.75, 3.05) is 20.1 Å². The summed E-state index contributed by atoms with van der Waals surface area (Å²) in [6.07, 6.45) is 0.814. The molecule has 1 aliphatic rings. The summed E-state index contributed by atoms with van der Waals surface area (Å²) in [5, 5.41) is 9.26. The first kappa shape index (κ1) is 16.3. The predicted molar refractivity (Wildman–Crippen MR) is 82.6 cm³/mol. The molecule has 1 aliphatic heterocycles. The number of likely N-dealkylation sites (N-methyl/N-ethyl adjacent to an activating group) is 1. The fourth-order valence-corrected chi connectivity index (χ4v) is 3.80. The molecule has 0 bridgehead atoms. The smallest absolute Gasteiger partial charge is 0.321 e. The van der Waals surface area contributed by atoms with Gasteiger partial charge in [-0.15, -0.1) is 11.3 Å². The lowest BCUT2D eigenvalue weighted by molar-refractivity contribution is -0.144. The number of carboxylic acid groups (broad SMARTS) is 1. The van der Waals surface area contributed by atoms with Crippen LogP contribution in [0.1, 0.15) is 18.2 Å². The van der Waals surface area contributed by atoms with Gasteiger partial charge in [0.05, 0.1) is 17.4 Å². The summed E-state index contributed by atoms with van der Waals surface area (Å²) in [5.41, 5.74) is 0. The van der Waals surface area contributed by atoms with Crippen LogP contribution in [0.15, 0.2) is 12.1 Å². The maximum Gasteiger partial charge on any atom is 0.321 e. The standard InChI is InChI=1S/C14H19ClN2O3S/c1-9-5-6-17(13(9)14(19)20)8-12(18)16(2)7-10-3-4-11(15)21-10/h3-4,9,13H,5-8H2,1-2H3,(H,19,20). The zero-order valence-corrected chi connectivity index (χ0v) is 13.7. The molecular formula is C14H19ClN2O3S. The Labute approximate surface area is 133 Å². The van der Waals surface area contributed by atoms with Gasteiger partial charge in [0.1, 0.15) is 6.04 Å². The molecule has 1 N–H and O–H groups in total. The molecule has 5 nitrogen and oxygen atoms in total. The maximum absolute atomic E-state index is 12.2. The maximum atomic E-state index is 12.2. The minimum Gasteiger partial charge on any atom is -0.480 e. The van der Waals surface area contributed by atoms with Crippen LogP contribution < -0.4 is 0 Å². The highest BCUT2D eigenvalue weighted by Crippen LogP contribution is 2.25. The highest BCUT2D eigenvalue weighted by Gasteiger charge is 2.37. The molecule has 2 atom stereocenters. The largest absolute Gasteiger partial charge is 0.480 e. The molecule has 0 saturated carbocycles. The average molecular weight is 331 g/mol. The fourth-order valence-electron chi connectivity index (χ4n) is 2.66. The van der Waals surface area contributed by atoms with Gasteiger partial charge in [0, 0.05) is 11.9 Å². The number of thiophene rings is 1. The SMILES string of the molecule is CC1CCN(CC(=O)N(C)Cc2ccc(Cl)s2)C1C(=O)O. The number of rotatable bonds is 5. The Balaban J connectivity index is 1.92. The number of carbonyl (C=O) groups excluding carboxylic acids is 1. The number of halogens is 1. The van der Waals surface area contributed by atoms with Gasteiger partial charge in [0.2, 0.25) is 5.91 Å². The molecule has 2 unspecified atom stereocenters. The van der Waals surface area contributed by atoms with E-state index in [2.05, 4.69) is 0 Å². The van der Waals surface area contributed by atoms with Crippen LogP contribution in [-0.2, 0) is 16.1 Å². The van der Waals surface area contributed by atoms with E-state index in [1.807, 2.05) is 19.1 Å². The van der Waals surface area contributed by atoms with Gasteiger partial charge >= 0.3 is 5.97 Å². The van der Waals surface area contributed by atoms with Crippen LogP contribution in [0.4, 0.5) is 0 Å². The van der Waals surface area contributed by atoms with Crippen LogP contribution >= 0.6 is 22.9 Å². The molecule has 0 spiro atoms. The van der Waals surface area contributed by atoms with Gasteiger partial charge in [-0.3, -0.25) is 14.5 Å². The molecular weight excluding hydrogens is 312 g/mol. The van der Waals surface area contributed by atoms with Gasteiger partial charge in [0.15, 0.2) is 0 Å². The molecule has 21 heavy (non-hydrogen) atoms. The van der Waals surface area contributed by atoms with E-state index in [-0.39, 0.29) is 18.4 Å². The first-order chi connectivity index (χ1) is 9.88. The zero-order valence-electron chi connectivity index (χ0n) is 12.1. The number of hydrogen-bond donors (Lipinski definition) is 1. The third kappa shape index (κ3) is 3.96. The predicted octanol–water partition coefficient (Wildman–Crippen LogP) is 2.15. The number of hydrogen-bond acceptors (Lipinski definition) is 4. The first-order valence-electron chi connectivity index (χ1n) is 6.83. The third-order valence-electron chi connectivity index (χ3n) is 3.84. The summed E-state index contributed by atoms with van der Waals surface area (Å²) in [6, 6.07) is 3.15. The van der Waals surface area contributed by atoms with Gasteiger partial charge in [-0.25, -0.2) is 0 Å². The molecule has 0 aliphatic carbocycles. The number of likely N-dealkylation sites (tertiary alicyclic amines) is 1. The Morgan fingerprint density at radius 1 is 1.52 bits per heavy atom. The van der Waals surface area contributed by atoms with Crippen LogP contribution in [0.5, 0.6) is 0 Å². The number of aliphatic carboxylic acids is 1. The molecule has 1 saturated heterocycles. The lowest BCUT2D eigenvalue weighted by atomic mass is 10.0. The minimum absolute atomic E-state index is 0.0696. The molecule has 1 aromatic rings. The van der Waals surface area contributed by atoms with Crippen molar-refractivity contribution in [2.45, 2.75) is 25.9 Å². The Morgan fingerprint density at radius 3 is 2.81 bits per heavy atom. The number of carbonyl (C=O) groups is 2. The Bertz CT molecular complexity index is 534. The van der Waals surface area contributed by atoms with Crippen molar-refractivity contribution < 1.29 is 14.7 Å². The average Bonchev–Trinajstić information content (AvgIpc) is 2.96. The van der Waals surface area contributed by atoms with Crippen molar-refractivity contribution in [3.05, 3.63) is 21.3 Å². The molecule has 1 amide bonds. The number of nitrogens with zero attached hydrogens (tertiary/aromatic N) is 2. The highest BCUT2D eigenvalue weighted by atomic mass is 35.5. The van der Waals surface area contributed by atoms with E-state index >= 15 is 0 Å². The van der Waals surface area contributed by atoms with Gasteiger partial charge in [-0.1, -0.05) is 18.5 Å². The van der Waals surface area contributed by atoms with E-state index in [4.69, 9.17) is 11.6 Å². The molecule has 7 heteroatoms. The monoisotopic (exact) mass is 330 g/mol. The van der Waals surface area contributed by atoms with Crippen molar-refractivity contribution >= 4 is 34.8 Å². The van der Waals surface area contributed by atoms with Gasteiger partial charge in [-0.05, 0) is 31.0 Å². The highest BCUT2D eigenvalue weighted by molar-refractivity contribution is 7.16. The Hall–Kier alpha value is -1.11. The van der Waals surface area contributed by atoms with Gasteiger partial charge < -0.3 is 10.0 Å². The lowest BCUT2D eigenvalue weighted by Crippen LogP contribution is -2.44. The van der Waals surface area contributed by atoms with E-state index in [0.717, 1.165) is 11.3 Å². The fraction of sp³-hybridized carbons (Fsp3) is 0.571. The second-order valence-corrected chi connectivity index (χ2v) is 7.27. The third-order valence-corrected chi connectivity index (χ3v) is 5.06. The summed E-state index contributed by atoms with van der Waals surface area (Å²) in [7, 11) is 1.73. The van der Waals surface area contributed by atoms with Crippen LogP contribution in [0.25, 0.3) is 0 Å². The van der Waals surface area contributed by atoms with Gasteiger partial charge in [-0.2, -0.15) is 0 Å². The quantitative estimate of drug-likeness (QED) is 0.898. The van der Waals surface area contributed by atoms with Crippen molar-refractivity contribution in [3.8, 4) is 0 Å².